The van der Waals surface area contributed by atoms with Gasteiger partial charge in [-0.05, 0) is 71.4 Å². The summed E-state index contributed by atoms with van der Waals surface area (Å²) in [6, 6.07) is 13.3. The summed E-state index contributed by atoms with van der Waals surface area (Å²) in [7, 11) is 0. The molecule has 1 unspecified atom stereocenters. The smallest absolute Gasteiger partial charge is 0.123 e. The van der Waals surface area contributed by atoms with Crippen LogP contribution >= 0.6 is 27.7 Å². The monoisotopic (exact) mass is 353 g/mol. The Bertz CT molecular complexity index is 571. The van der Waals surface area contributed by atoms with Crippen LogP contribution in [0.4, 0.5) is 4.39 Å². The molecule has 0 aliphatic carbocycles. The number of rotatable bonds is 5. The summed E-state index contributed by atoms with van der Waals surface area (Å²) in [6.07, 6.45) is 0. The lowest BCUT2D eigenvalue weighted by Crippen LogP contribution is -2.17. The van der Waals surface area contributed by atoms with Crippen molar-refractivity contribution in [1.29, 1.82) is 0 Å². The molecule has 0 fully saturated rings. The standard InChI is InChI=1S/C16H17BrFNS/c1-3-19-11(2)12-4-9-16(15(17)10-12)20-14-7-5-13(18)6-8-14/h4-11,19H,3H2,1-2H3. The van der Waals surface area contributed by atoms with Crippen molar-refractivity contribution in [2.24, 2.45) is 0 Å². The lowest BCUT2D eigenvalue weighted by atomic mass is 10.1. The lowest BCUT2D eigenvalue weighted by molar-refractivity contribution is 0.597. The van der Waals surface area contributed by atoms with Gasteiger partial charge >= 0.3 is 0 Å². The molecule has 20 heavy (non-hydrogen) atoms. The van der Waals surface area contributed by atoms with Gasteiger partial charge in [-0.3, -0.25) is 0 Å². The molecule has 4 heteroatoms. The second-order valence-electron chi connectivity index (χ2n) is 4.53. The van der Waals surface area contributed by atoms with Crippen LogP contribution in [0.3, 0.4) is 0 Å². The highest BCUT2D eigenvalue weighted by Gasteiger charge is 2.08. The summed E-state index contributed by atoms with van der Waals surface area (Å²) in [4.78, 5) is 2.16. The second-order valence-corrected chi connectivity index (χ2v) is 6.49. The molecule has 0 amide bonds. The fourth-order valence-electron chi connectivity index (χ4n) is 1.92. The molecule has 2 aromatic carbocycles. The predicted octanol–water partition coefficient (Wildman–Crippen LogP) is 5.41. The Hall–Kier alpha value is -0.840. The van der Waals surface area contributed by atoms with Crippen LogP contribution in [0, 0.1) is 5.82 Å². The van der Waals surface area contributed by atoms with E-state index in [9.17, 15) is 4.39 Å². The summed E-state index contributed by atoms with van der Waals surface area (Å²) in [5.74, 6) is -0.205. The Labute approximate surface area is 132 Å². The van der Waals surface area contributed by atoms with Crippen LogP contribution in [0.25, 0.3) is 0 Å². The number of halogens is 2. The zero-order valence-electron chi connectivity index (χ0n) is 11.5. The van der Waals surface area contributed by atoms with Gasteiger partial charge in [0.05, 0.1) is 0 Å². The number of benzene rings is 2. The van der Waals surface area contributed by atoms with E-state index in [2.05, 4.69) is 53.3 Å². The topological polar surface area (TPSA) is 12.0 Å². The van der Waals surface area contributed by atoms with Gasteiger partial charge in [0, 0.05) is 20.3 Å². The fourth-order valence-corrected chi connectivity index (χ4v) is 3.38. The molecule has 0 saturated carbocycles. The molecular weight excluding hydrogens is 337 g/mol. The first-order chi connectivity index (χ1) is 9.60. The Morgan fingerprint density at radius 2 is 1.90 bits per heavy atom. The summed E-state index contributed by atoms with van der Waals surface area (Å²) in [6.45, 7) is 5.20. The van der Waals surface area contributed by atoms with Gasteiger partial charge in [0.2, 0.25) is 0 Å². The number of nitrogens with one attached hydrogen (secondary N) is 1. The lowest BCUT2D eigenvalue weighted by Gasteiger charge is -2.14. The third kappa shape index (κ3) is 4.08. The van der Waals surface area contributed by atoms with Crippen molar-refractivity contribution < 1.29 is 4.39 Å². The van der Waals surface area contributed by atoms with Gasteiger partial charge in [-0.25, -0.2) is 4.39 Å². The highest BCUT2D eigenvalue weighted by atomic mass is 79.9. The molecule has 0 saturated heterocycles. The molecule has 0 aromatic heterocycles. The molecule has 0 heterocycles. The van der Waals surface area contributed by atoms with Crippen molar-refractivity contribution in [3.8, 4) is 0 Å². The normalized spacial score (nSPS) is 12.4. The van der Waals surface area contributed by atoms with Gasteiger partial charge in [-0.1, -0.05) is 24.8 Å². The maximum Gasteiger partial charge on any atom is 0.123 e. The predicted molar refractivity (Wildman–Crippen MR) is 86.8 cm³/mol. The average Bonchev–Trinajstić information content (AvgIpc) is 2.43. The first-order valence-corrected chi connectivity index (χ1v) is 8.17. The third-order valence-electron chi connectivity index (χ3n) is 3.01. The maximum absolute atomic E-state index is 12.9. The molecule has 2 aromatic rings. The van der Waals surface area contributed by atoms with Crippen molar-refractivity contribution >= 4 is 27.7 Å². The van der Waals surface area contributed by atoms with Crippen LogP contribution in [-0.4, -0.2) is 6.54 Å². The van der Waals surface area contributed by atoms with Crippen molar-refractivity contribution in [3.63, 3.8) is 0 Å². The van der Waals surface area contributed by atoms with Crippen molar-refractivity contribution in [2.45, 2.75) is 29.7 Å². The van der Waals surface area contributed by atoms with Gasteiger partial charge in [-0.15, -0.1) is 0 Å². The largest absolute Gasteiger partial charge is 0.310 e. The van der Waals surface area contributed by atoms with Gasteiger partial charge in [0.15, 0.2) is 0 Å². The molecule has 1 atom stereocenters. The molecule has 0 aliphatic rings. The van der Waals surface area contributed by atoms with Crippen molar-refractivity contribution in [1.82, 2.24) is 5.32 Å². The number of hydrogen-bond donors (Lipinski definition) is 1. The minimum atomic E-state index is -0.205. The van der Waals surface area contributed by atoms with E-state index in [0.717, 1.165) is 20.8 Å². The number of hydrogen-bond acceptors (Lipinski definition) is 2. The van der Waals surface area contributed by atoms with Gasteiger partial charge < -0.3 is 5.32 Å². The molecule has 0 bridgehead atoms. The van der Waals surface area contributed by atoms with E-state index in [1.807, 2.05) is 0 Å². The first kappa shape index (κ1) is 15.5. The Balaban J connectivity index is 2.15. The van der Waals surface area contributed by atoms with Gasteiger partial charge in [-0.2, -0.15) is 0 Å². The molecule has 0 radical (unpaired) electrons. The SMILES string of the molecule is CCNC(C)c1ccc(Sc2ccc(F)cc2)c(Br)c1. The highest BCUT2D eigenvalue weighted by Crippen LogP contribution is 2.35. The van der Waals surface area contributed by atoms with Crippen molar-refractivity contribution in [3.05, 3.63) is 58.3 Å². The van der Waals surface area contributed by atoms with E-state index in [-0.39, 0.29) is 5.82 Å². The molecule has 0 aliphatic heterocycles. The van der Waals surface area contributed by atoms with E-state index in [1.54, 1.807) is 23.9 Å². The van der Waals surface area contributed by atoms with Crippen LogP contribution < -0.4 is 5.32 Å². The van der Waals surface area contributed by atoms with E-state index in [4.69, 9.17) is 0 Å². The van der Waals surface area contributed by atoms with Crippen LogP contribution in [-0.2, 0) is 0 Å². The second kappa shape index (κ2) is 7.25. The van der Waals surface area contributed by atoms with E-state index >= 15 is 0 Å². The quantitative estimate of drug-likeness (QED) is 0.771. The summed E-state index contributed by atoms with van der Waals surface area (Å²) in [5, 5.41) is 3.40. The molecule has 0 spiro atoms. The van der Waals surface area contributed by atoms with Gasteiger partial charge in [0.1, 0.15) is 5.82 Å². The Morgan fingerprint density at radius 1 is 1.20 bits per heavy atom. The Morgan fingerprint density at radius 3 is 2.50 bits per heavy atom. The molecule has 1 nitrogen and oxygen atoms in total. The van der Waals surface area contributed by atoms with E-state index < -0.39 is 0 Å². The minimum absolute atomic E-state index is 0.205. The maximum atomic E-state index is 12.9. The molecule has 1 N–H and O–H groups in total. The zero-order chi connectivity index (χ0) is 14.5. The van der Waals surface area contributed by atoms with Crippen LogP contribution in [0.15, 0.2) is 56.7 Å². The van der Waals surface area contributed by atoms with E-state index in [1.165, 1.54) is 17.7 Å². The first-order valence-electron chi connectivity index (χ1n) is 6.56. The summed E-state index contributed by atoms with van der Waals surface area (Å²) < 4.78 is 14.0. The van der Waals surface area contributed by atoms with E-state index in [0.29, 0.717) is 6.04 Å². The van der Waals surface area contributed by atoms with Crippen LogP contribution in [0.1, 0.15) is 25.5 Å². The summed E-state index contributed by atoms with van der Waals surface area (Å²) in [5.41, 5.74) is 1.25. The highest BCUT2D eigenvalue weighted by molar-refractivity contribution is 9.10. The fraction of sp³-hybridized carbons (Fsp3) is 0.250. The van der Waals surface area contributed by atoms with Crippen LogP contribution in [0.5, 0.6) is 0 Å². The Kier molecular flexibility index (Phi) is 5.64. The minimum Gasteiger partial charge on any atom is -0.310 e. The molecule has 106 valence electrons. The van der Waals surface area contributed by atoms with Crippen LogP contribution in [0.2, 0.25) is 0 Å². The van der Waals surface area contributed by atoms with Gasteiger partial charge in [0.25, 0.3) is 0 Å². The van der Waals surface area contributed by atoms with Crippen molar-refractivity contribution in [2.75, 3.05) is 6.54 Å². The zero-order valence-corrected chi connectivity index (χ0v) is 13.9. The summed E-state index contributed by atoms with van der Waals surface area (Å²) >= 11 is 5.24. The molecule has 2 rings (SSSR count). The third-order valence-corrected chi connectivity index (χ3v) is 5.01. The average molecular weight is 354 g/mol. The molecular formula is C16H17BrFNS.